The average molecular weight is 678 g/mol. The predicted octanol–water partition coefficient (Wildman–Crippen LogP) is 13.2. The quantitative estimate of drug-likeness (QED) is 0.0935. The summed E-state index contributed by atoms with van der Waals surface area (Å²) in [6.07, 6.45) is 5.70. The van der Waals surface area contributed by atoms with Gasteiger partial charge in [0.25, 0.3) is 5.56 Å². The molecule has 0 N–H and O–H groups in total. The highest BCUT2D eigenvalue weighted by Gasteiger charge is 2.20. The first-order valence-electron chi connectivity index (χ1n) is 17.9. The van der Waals surface area contributed by atoms with E-state index in [1.807, 2.05) is 71.3 Å². The third-order valence-corrected chi connectivity index (χ3v) is 10.3. The van der Waals surface area contributed by atoms with Gasteiger partial charge in [0.1, 0.15) is 0 Å². The molecule has 0 spiro atoms. The minimum Gasteiger partial charge on any atom is -0.276 e. The molecule has 2 heteroatoms. The first-order valence-corrected chi connectivity index (χ1v) is 17.9. The molecular formula is C51H35NO. The molecule has 0 aliphatic carbocycles. The lowest BCUT2D eigenvalue weighted by atomic mass is 9.83. The van der Waals surface area contributed by atoms with Crippen LogP contribution in [0.1, 0.15) is 5.56 Å². The van der Waals surface area contributed by atoms with Crippen LogP contribution < -0.4 is 5.56 Å². The summed E-state index contributed by atoms with van der Waals surface area (Å²) < 4.78 is 1.84. The van der Waals surface area contributed by atoms with Crippen molar-refractivity contribution in [2.75, 3.05) is 0 Å². The van der Waals surface area contributed by atoms with E-state index in [-0.39, 0.29) is 5.56 Å². The molecule has 0 bridgehead atoms. The summed E-state index contributed by atoms with van der Waals surface area (Å²) in [7, 11) is 0. The van der Waals surface area contributed by atoms with Gasteiger partial charge in [0.15, 0.2) is 0 Å². The van der Waals surface area contributed by atoms with Crippen LogP contribution >= 0.6 is 0 Å². The molecule has 8 aromatic carbocycles. The number of pyridine rings is 1. The molecule has 0 unspecified atom stereocenters. The second kappa shape index (κ2) is 13.3. The summed E-state index contributed by atoms with van der Waals surface area (Å²) in [5.41, 5.74) is 10.7. The molecule has 0 radical (unpaired) electrons. The fourth-order valence-electron chi connectivity index (χ4n) is 7.92. The zero-order chi connectivity index (χ0) is 35.9. The molecule has 1 aromatic heterocycles. The molecule has 250 valence electrons. The second-order valence-electron chi connectivity index (χ2n) is 13.3. The van der Waals surface area contributed by atoms with Crippen LogP contribution in [-0.4, -0.2) is 4.57 Å². The Morgan fingerprint density at radius 3 is 1.72 bits per heavy atom. The van der Waals surface area contributed by atoms with Crippen LogP contribution in [0, 0.1) is 0 Å². The third-order valence-electron chi connectivity index (χ3n) is 10.3. The Morgan fingerprint density at radius 1 is 0.453 bits per heavy atom. The van der Waals surface area contributed by atoms with Crippen LogP contribution in [0.5, 0.6) is 0 Å². The van der Waals surface area contributed by atoms with Crippen molar-refractivity contribution in [1.82, 2.24) is 4.57 Å². The summed E-state index contributed by atoms with van der Waals surface area (Å²) in [6, 6.07) is 59.3. The van der Waals surface area contributed by atoms with Gasteiger partial charge >= 0.3 is 0 Å². The molecule has 0 aliphatic rings. The zero-order valence-corrected chi connectivity index (χ0v) is 29.2. The van der Waals surface area contributed by atoms with Gasteiger partial charge in [-0.05, 0) is 114 Å². The fourth-order valence-corrected chi connectivity index (χ4v) is 7.92. The number of benzene rings is 8. The van der Waals surface area contributed by atoms with Crippen LogP contribution in [0.3, 0.4) is 0 Å². The topological polar surface area (TPSA) is 22.0 Å². The highest BCUT2D eigenvalue weighted by molar-refractivity contribution is 6.23. The van der Waals surface area contributed by atoms with E-state index in [0.717, 1.165) is 71.5 Å². The van der Waals surface area contributed by atoms with Crippen LogP contribution in [-0.2, 0) is 0 Å². The van der Waals surface area contributed by atoms with Crippen molar-refractivity contribution >= 4 is 48.8 Å². The number of hydrogen-bond donors (Lipinski definition) is 0. The van der Waals surface area contributed by atoms with E-state index < -0.39 is 0 Å². The number of rotatable bonds is 7. The van der Waals surface area contributed by atoms with Gasteiger partial charge in [-0.3, -0.25) is 9.36 Å². The SMILES string of the molecule is C=C/C=C(\C=C)c1ccc2c(-c3ccccc3)c3cc(-c4ccccc4)ccc3c(-c3ccc4c(c3)c3ccccc3c(=O)n4-c3ccccc3)c2c1. The van der Waals surface area contributed by atoms with Crippen molar-refractivity contribution < 1.29 is 0 Å². The van der Waals surface area contributed by atoms with Crippen LogP contribution in [0.25, 0.3) is 87.9 Å². The summed E-state index contributed by atoms with van der Waals surface area (Å²) in [4.78, 5) is 14.1. The molecule has 2 nitrogen and oxygen atoms in total. The molecular weight excluding hydrogens is 643 g/mol. The number of allylic oxidation sites excluding steroid dienone is 4. The van der Waals surface area contributed by atoms with Gasteiger partial charge in [-0.25, -0.2) is 0 Å². The molecule has 0 saturated carbocycles. The number of fused-ring (bicyclic) bond motifs is 5. The molecule has 9 rings (SSSR count). The first-order chi connectivity index (χ1) is 26.1. The van der Waals surface area contributed by atoms with Crippen molar-refractivity contribution in [3.05, 3.63) is 217 Å². The zero-order valence-electron chi connectivity index (χ0n) is 29.2. The number of aromatic nitrogens is 1. The Balaban J connectivity index is 1.45. The molecule has 0 fully saturated rings. The minimum atomic E-state index is -0.0285. The van der Waals surface area contributed by atoms with E-state index in [4.69, 9.17) is 0 Å². The van der Waals surface area contributed by atoms with Gasteiger partial charge in [-0.2, -0.15) is 0 Å². The number of hydrogen-bond acceptors (Lipinski definition) is 1. The predicted molar refractivity (Wildman–Crippen MR) is 227 cm³/mol. The Labute approximate surface area is 308 Å². The summed E-state index contributed by atoms with van der Waals surface area (Å²) in [5, 5.41) is 7.28. The monoisotopic (exact) mass is 677 g/mol. The van der Waals surface area contributed by atoms with Crippen molar-refractivity contribution in [1.29, 1.82) is 0 Å². The van der Waals surface area contributed by atoms with E-state index >= 15 is 0 Å². The standard InChI is InChI=1S/C51H35NO/c1-3-16-34(4-2)37-25-28-42-47(31-37)50(43-29-26-38(35-17-8-5-9-18-35)32-46(43)49(42)36-19-10-6-11-20-36)39-27-30-48-45(33-39)41-23-14-15-24-44(41)51(53)52(48)40-21-12-7-13-22-40/h3-33H,1-2H2/b34-16+. The Hall–Kier alpha value is -7.03. The van der Waals surface area contributed by atoms with E-state index in [1.165, 1.54) is 16.5 Å². The van der Waals surface area contributed by atoms with E-state index in [9.17, 15) is 4.79 Å². The van der Waals surface area contributed by atoms with Crippen LogP contribution in [0.2, 0.25) is 0 Å². The Morgan fingerprint density at radius 2 is 1.02 bits per heavy atom. The van der Waals surface area contributed by atoms with Gasteiger partial charge in [0.05, 0.1) is 5.52 Å². The Bertz CT molecular complexity index is 2970. The van der Waals surface area contributed by atoms with Crippen molar-refractivity contribution in [3.8, 4) is 39.1 Å². The maximum atomic E-state index is 14.1. The van der Waals surface area contributed by atoms with Crippen LogP contribution in [0.4, 0.5) is 0 Å². The molecule has 9 aromatic rings. The third kappa shape index (κ3) is 5.40. The molecule has 0 atom stereocenters. The fraction of sp³-hybridized carbons (Fsp3) is 0. The largest absolute Gasteiger partial charge is 0.276 e. The van der Waals surface area contributed by atoms with Crippen molar-refractivity contribution in [2.24, 2.45) is 0 Å². The lowest BCUT2D eigenvalue weighted by Gasteiger charge is -2.20. The smallest absolute Gasteiger partial charge is 0.263 e. The molecule has 0 aliphatic heterocycles. The van der Waals surface area contributed by atoms with E-state index in [1.54, 1.807) is 0 Å². The van der Waals surface area contributed by atoms with Gasteiger partial charge in [-0.1, -0.05) is 159 Å². The normalized spacial score (nSPS) is 11.7. The lowest BCUT2D eigenvalue weighted by molar-refractivity contribution is 1.06. The van der Waals surface area contributed by atoms with Gasteiger partial charge in [0.2, 0.25) is 0 Å². The maximum Gasteiger partial charge on any atom is 0.263 e. The van der Waals surface area contributed by atoms with Gasteiger partial charge < -0.3 is 0 Å². The minimum absolute atomic E-state index is 0.0285. The second-order valence-corrected chi connectivity index (χ2v) is 13.3. The molecule has 0 saturated heterocycles. The van der Waals surface area contributed by atoms with Gasteiger partial charge in [-0.15, -0.1) is 0 Å². The molecule has 0 amide bonds. The summed E-state index contributed by atoms with van der Waals surface area (Å²) in [5.74, 6) is 0. The summed E-state index contributed by atoms with van der Waals surface area (Å²) >= 11 is 0. The van der Waals surface area contributed by atoms with E-state index in [0.29, 0.717) is 5.39 Å². The first kappa shape index (κ1) is 31.9. The highest BCUT2D eigenvalue weighted by Crippen LogP contribution is 2.46. The van der Waals surface area contributed by atoms with E-state index in [2.05, 4.69) is 134 Å². The van der Waals surface area contributed by atoms with Gasteiger partial charge in [0, 0.05) is 16.5 Å². The molecule has 1 heterocycles. The molecule has 53 heavy (non-hydrogen) atoms. The van der Waals surface area contributed by atoms with Crippen LogP contribution in [0.15, 0.2) is 206 Å². The highest BCUT2D eigenvalue weighted by atomic mass is 16.1. The van der Waals surface area contributed by atoms with Crippen molar-refractivity contribution in [3.63, 3.8) is 0 Å². The average Bonchev–Trinajstić information content (AvgIpc) is 3.22. The van der Waals surface area contributed by atoms with Crippen molar-refractivity contribution in [2.45, 2.75) is 0 Å². The number of para-hydroxylation sites is 1. The summed E-state index contributed by atoms with van der Waals surface area (Å²) in [6.45, 7) is 8.10. The lowest BCUT2D eigenvalue weighted by Crippen LogP contribution is -2.19. The Kier molecular flexibility index (Phi) is 7.99. The maximum absolute atomic E-state index is 14.1. The number of nitrogens with zero attached hydrogens (tertiary/aromatic N) is 1.